The highest BCUT2D eigenvalue weighted by molar-refractivity contribution is 5.78. The van der Waals surface area contributed by atoms with Crippen LogP contribution < -0.4 is 5.73 Å². The third-order valence-electron chi connectivity index (χ3n) is 3.74. The fraction of sp³-hybridized carbons (Fsp3) is 0.500. The van der Waals surface area contributed by atoms with Crippen molar-refractivity contribution in [3.63, 3.8) is 0 Å². The molecular weight excluding hydrogens is 245 g/mol. The van der Waals surface area contributed by atoms with Crippen LogP contribution in [-0.4, -0.2) is 48.4 Å². The molecule has 1 unspecified atom stereocenters. The van der Waals surface area contributed by atoms with Gasteiger partial charge < -0.3 is 10.6 Å². The van der Waals surface area contributed by atoms with E-state index in [-0.39, 0.29) is 24.3 Å². The number of hydrogen-bond donors (Lipinski definition) is 1. The summed E-state index contributed by atoms with van der Waals surface area (Å²) in [5, 5.41) is 0. The molecule has 1 amide bonds. The predicted molar refractivity (Wildman–Crippen MR) is 72.0 cm³/mol. The minimum absolute atomic E-state index is 0.00841. The zero-order valence-electron chi connectivity index (χ0n) is 11.2. The molecule has 1 heterocycles. The SMILES string of the molecule is CC(c1ccc(F)cc1)N1CCN(C(=O)CN)CC1. The summed E-state index contributed by atoms with van der Waals surface area (Å²) in [6.45, 7) is 5.25. The van der Waals surface area contributed by atoms with E-state index in [1.54, 1.807) is 4.90 Å². The molecule has 1 saturated heterocycles. The van der Waals surface area contributed by atoms with Crippen LogP contribution >= 0.6 is 0 Å². The summed E-state index contributed by atoms with van der Waals surface area (Å²) in [6, 6.07) is 6.84. The standard InChI is InChI=1S/C14H20FN3O/c1-11(12-2-4-13(15)5-3-12)17-6-8-18(9-7-17)14(19)10-16/h2-5,11H,6-10,16H2,1H3. The van der Waals surface area contributed by atoms with Gasteiger partial charge in [-0.3, -0.25) is 9.69 Å². The monoisotopic (exact) mass is 265 g/mol. The van der Waals surface area contributed by atoms with Gasteiger partial charge in [-0.2, -0.15) is 0 Å². The quantitative estimate of drug-likeness (QED) is 0.886. The zero-order chi connectivity index (χ0) is 13.8. The number of halogens is 1. The number of amides is 1. The second kappa shape index (κ2) is 6.12. The smallest absolute Gasteiger partial charge is 0.236 e. The average Bonchev–Trinajstić information content (AvgIpc) is 2.46. The number of nitrogens with two attached hydrogens (primary N) is 1. The lowest BCUT2D eigenvalue weighted by molar-refractivity contribution is -0.131. The molecule has 2 rings (SSSR count). The Morgan fingerprint density at radius 2 is 1.84 bits per heavy atom. The Kier molecular flexibility index (Phi) is 4.50. The molecule has 0 radical (unpaired) electrons. The van der Waals surface area contributed by atoms with E-state index >= 15 is 0 Å². The molecule has 1 atom stereocenters. The van der Waals surface area contributed by atoms with Gasteiger partial charge in [0.25, 0.3) is 0 Å². The number of hydrogen-bond acceptors (Lipinski definition) is 3. The maximum Gasteiger partial charge on any atom is 0.236 e. The second-order valence-electron chi connectivity index (χ2n) is 4.85. The molecule has 1 fully saturated rings. The van der Waals surface area contributed by atoms with E-state index in [2.05, 4.69) is 11.8 Å². The van der Waals surface area contributed by atoms with Crippen molar-refractivity contribution in [3.8, 4) is 0 Å². The lowest BCUT2D eigenvalue weighted by atomic mass is 10.1. The molecule has 4 nitrogen and oxygen atoms in total. The molecular formula is C14H20FN3O. The fourth-order valence-electron chi connectivity index (χ4n) is 2.44. The van der Waals surface area contributed by atoms with E-state index in [4.69, 9.17) is 5.73 Å². The molecule has 19 heavy (non-hydrogen) atoms. The maximum atomic E-state index is 12.9. The van der Waals surface area contributed by atoms with E-state index in [0.29, 0.717) is 13.1 Å². The first kappa shape index (κ1) is 14.0. The Morgan fingerprint density at radius 3 is 2.37 bits per heavy atom. The van der Waals surface area contributed by atoms with Gasteiger partial charge in [-0.05, 0) is 24.6 Å². The van der Waals surface area contributed by atoms with Gasteiger partial charge in [-0.15, -0.1) is 0 Å². The average molecular weight is 265 g/mol. The molecule has 1 aromatic carbocycles. The number of piperazine rings is 1. The summed E-state index contributed by atoms with van der Waals surface area (Å²) in [5.41, 5.74) is 6.46. The first-order chi connectivity index (χ1) is 9.11. The number of rotatable bonds is 3. The minimum Gasteiger partial charge on any atom is -0.339 e. The fourth-order valence-corrected chi connectivity index (χ4v) is 2.44. The molecule has 0 spiro atoms. The van der Waals surface area contributed by atoms with E-state index in [1.165, 1.54) is 12.1 Å². The van der Waals surface area contributed by atoms with Crippen LogP contribution in [0, 0.1) is 5.82 Å². The van der Waals surface area contributed by atoms with Crippen molar-refractivity contribution in [2.45, 2.75) is 13.0 Å². The molecule has 0 bridgehead atoms. The highest BCUT2D eigenvalue weighted by Gasteiger charge is 2.23. The molecule has 104 valence electrons. The summed E-state index contributed by atoms with van der Waals surface area (Å²) in [5.74, 6) is -0.205. The van der Waals surface area contributed by atoms with Crippen molar-refractivity contribution in [3.05, 3.63) is 35.6 Å². The van der Waals surface area contributed by atoms with Crippen LogP contribution in [0.4, 0.5) is 4.39 Å². The number of nitrogens with zero attached hydrogens (tertiary/aromatic N) is 2. The molecule has 0 saturated carbocycles. The molecule has 0 aromatic heterocycles. The normalized spacial score (nSPS) is 18.4. The van der Waals surface area contributed by atoms with Gasteiger partial charge in [0.1, 0.15) is 5.82 Å². The third kappa shape index (κ3) is 3.30. The highest BCUT2D eigenvalue weighted by atomic mass is 19.1. The van der Waals surface area contributed by atoms with Crippen LogP contribution in [0.1, 0.15) is 18.5 Å². The summed E-state index contributed by atoms with van der Waals surface area (Å²) in [7, 11) is 0. The topological polar surface area (TPSA) is 49.6 Å². The molecule has 2 N–H and O–H groups in total. The molecule has 0 aliphatic carbocycles. The van der Waals surface area contributed by atoms with Gasteiger partial charge in [0.15, 0.2) is 0 Å². The zero-order valence-corrected chi connectivity index (χ0v) is 11.2. The van der Waals surface area contributed by atoms with Gasteiger partial charge in [-0.25, -0.2) is 4.39 Å². The van der Waals surface area contributed by atoms with Crippen molar-refractivity contribution in [1.82, 2.24) is 9.80 Å². The molecule has 1 aromatic rings. The first-order valence-electron chi connectivity index (χ1n) is 6.59. The Balaban J connectivity index is 1.94. The Bertz CT molecular complexity index is 427. The molecule has 1 aliphatic rings. The van der Waals surface area contributed by atoms with Crippen LogP contribution in [0.3, 0.4) is 0 Å². The van der Waals surface area contributed by atoms with Gasteiger partial charge in [0.2, 0.25) is 5.91 Å². The van der Waals surface area contributed by atoms with Crippen LogP contribution in [0.15, 0.2) is 24.3 Å². The second-order valence-corrected chi connectivity index (χ2v) is 4.85. The van der Waals surface area contributed by atoms with Crippen molar-refractivity contribution >= 4 is 5.91 Å². The van der Waals surface area contributed by atoms with Crippen LogP contribution in [0.25, 0.3) is 0 Å². The van der Waals surface area contributed by atoms with E-state index in [9.17, 15) is 9.18 Å². The lowest BCUT2D eigenvalue weighted by Crippen LogP contribution is -2.50. The van der Waals surface area contributed by atoms with E-state index in [0.717, 1.165) is 18.7 Å². The highest BCUT2D eigenvalue weighted by Crippen LogP contribution is 2.21. The Labute approximate surface area is 113 Å². The number of carbonyl (C=O) groups excluding carboxylic acids is 1. The molecule has 5 heteroatoms. The first-order valence-corrected chi connectivity index (χ1v) is 6.59. The third-order valence-corrected chi connectivity index (χ3v) is 3.74. The number of benzene rings is 1. The van der Waals surface area contributed by atoms with Crippen molar-refractivity contribution in [2.24, 2.45) is 5.73 Å². The van der Waals surface area contributed by atoms with Crippen LogP contribution in [-0.2, 0) is 4.79 Å². The van der Waals surface area contributed by atoms with Gasteiger partial charge >= 0.3 is 0 Å². The van der Waals surface area contributed by atoms with Crippen molar-refractivity contribution < 1.29 is 9.18 Å². The van der Waals surface area contributed by atoms with Gasteiger partial charge in [0, 0.05) is 32.2 Å². The van der Waals surface area contributed by atoms with Crippen molar-refractivity contribution in [1.29, 1.82) is 0 Å². The summed E-state index contributed by atoms with van der Waals surface area (Å²) in [6.07, 6.45) is 0. The Hall–Kier alpha value is -1.46. The summed E-state index contributed by atoms with van der Waals surface area (Å²) < 4.78 is 12.9. The summed E-state index contributed by atoms with van der Waals surface area (Å²) >= 11 is 0. The van der Waals surface area contributed by atoms with E-state index in [1.807, 2.05) is 12.1 Å². The minimum atomic E-state index is -0.214. The maximum absolute atomic E-state index is 12.9. The molecule has 1 aliphatic heterocycles. The van der Waals surface area contributed by atoms with E-state index < -0.39 is 0 Å². The van der Waals surface area contributed by atoms with Gasteiger partial charge in [-0.1, -0.05) is 12.1 Å². The van der Waals surface area contributed by atoms with Crippen LogP contribution in [0.5, 0.6) is 0 Å². The van der Waals surface area contributed by atoms with Crippen molar-refractivity contribution in [2.75, 3.05) is 32.7 Å². The summed E-state index contributed by atoms with van der Waals surface area (Å²) in [4.78, 5) is 15.6. The largest absolute Gasteiger partial charge is 0.339 e. The Morgan fingerprint density at radius 1 is 1.26 bits per heavy atom. The predicted octanol–water partition coefficient (Wildman–Crippen LogP) is 0.990. The number of carbonyl (C=O) groups is 1. The lowest BCUT2D eigenvalue weighted by Gasteiger charge is -2.38. The van der Waals surface area contributed by atoms with Gasteiger partial charge in [0.05, 0.1) is 6.54 Å². The van der Waals surface area contributed by atoms with Crippen LogP contribution in [0.2, 0.25) is 0 Å².